The van der Waals surface area contributed by atoms with E-state index in [0.717, 1.165) is 54.5 Å². The molecule has 1 N–H and O–H groups in total. The highest BCUT2D eigenvalue weighted by Crippen LogP contribution is 2.37. The van der Waals surface area contributed by atoms with Crippen LogP contribution in [0.4, 0.5) is 11.6 Å². The molecule has 2 heterocycles. The average molecular weight is 503 g/mol. The van der Waals surface area contributed by atoms with Crippen LogP contribution in [0.1, 0.15) is 26.3 Å². The maximum atomic E-state index is 10.5. The van der Waals surface area contributed by atoms with Crippen LogP contribution in [-0.4, -0.2) is 68.6 Å². The average Bonchev–Trinajstić information content (AvgIpc) is 3.08. The maximum Gasteiger partial charge on any atom is 0.294 e. The summed E-state index contributed by atoms with van der Waals surface area (Å²) < 4.78 is 40.6. The summed E-state index contributed by atoms with van der Waals surface area (Å²) in [5.41, 5.74) is 2.81. The number of para-hydroxylation sites is 2. The second-order valence-corrected chi connectivity index (χ2v) is 9.48. The van der Waals surface area contributed by atoms with Gasteiger partial charge in [0.1, 0.15) is 6.17 Å². The molecule has 1 aliphatic heterocycles. The van der Waals surface area contributed by atoms with Crippen molar-refractivity contribution in [2.45, 2.75) is 38.8 Å². The second-order valence-electron chi connectivity index (χ2n) is 8.06. The summed E-state index contributed by atoms with van der Waals surface area (Å²) in [4.78, 5) is 14.2. The van der Waals surface area contributed by atoms with Gasteiger partial charge in [-0.25, -0.2) is 9.97 Å². The molecule has 4 rings (SSSR count). The van der Waals surface area contributed by atoms with E-state index in [9.17, 15) is 8.42 Å². The van der Waals surface area contributed by atoms with Gasteiger partial charge in [0.2, 0.25) is 0 Å². The van der Waals surface area contributed by atoms with Gasteiger partial charge < -0.3 is 19.3 Å². The van der Waals surface area contributed by atoms with E-state index in [4.69, 9.17) is 24.0 Å². The largest absolute Gasteiger partial charge is 0.380 e. The molecule has 0 radical (unpaired) electrons. The number of ether oxygens (including phenoxy) is 2. The zero-order valence-corrected chi connectivity index (χ0v) is 21.5. The third-order valence-corrected chi connectivity index (χ3v) is 6.53. The first-order valence-electron chi connectivity index (χ1n) is 11.8. The van der Waals surface area contributed by atoms with Crippen molar-refractivity contribution in [1.82, 2.24) is 9.97 Å². The van der Waals surface area contributed by atoms with Crippen molar-refractivity contribution < 1.29 is 22.4 Å². The lowest BCUT2D eigenvalue weighted by molar-refractivity contribution is 0.149. The minimum atomic E-state index is -4.02. The van der Waals surface area contributed by atoms with Gasteiger partial charge in [-0.1, -0.05) is 29.8 Å². The zero-order valence-electron chi connectivity index (χ0n) is 20.7. The Balaban J connectivity index is 0.000000261. The lowest BCUT2D eigenvalue weighted by Gasteiger charge is -2.28. The third kappa shape index (κ3) is 6.88. The highest BCUT2D eigenvalue weighted by atomic mass is 32.2. The summed E-state index contributed by atoms with van der Waals surface area (Å²) in [6.07, 6.45) is 0.192. The number of anilines is 2. The van der Waals surface area contributed by atoms with Crippen LogP contribution in [0.2, 0.25) is 0 Å². The monoisotopic (exact) mass is 502 g/mol. The predicted molar refractivity (Wildman–Crippen MR) is 138 cm³/mol. The van der Waals surface area contributed by atoms with Gasteiger partial charge in [0, 0.05) is 26.3 Å². The normalized spacial score (nSPS) is 13.6. The molecule has 0 spiro atoms. The molecule has 35 heavy (non-hydrogen) atoms. The first-order chi connectivity index (χ1) is 16.8. The fourth-order valence-electron chi connectivity index (χ4n) is 3.80. The van der Waals surface area contributed by atoms with E-state index >= 15 is 0 Å². The summed E-state index contributed by atoms with van der Waals surface area (Å²) in [6, 6.07) is 14.0. The SMILES string of the molecule is CCOCCN1c2nc3ccccc3nc2N(CCOCC)C1C.Cc1ccc(S(=O)(=O)O)cc1. The van der Waals surface area contributed by atoms with Gasteiger partial charge in [0.15, 0.2) is 11.6 Å². The molecular formula is C25H34N4O5S. The van der Waals surface area contributed by atoms with E-state index in [1.165, 1.54) is 12.1 Å². The van der Waals surface area contributed by atoms with Gasteiger partial charge in [0.05, 0.1) is 29.1 Å². The standard InChI is InChI=1S/C18H26N4O2.C7H8O3S/c1-4-23-12-10-21-14(3)22(11-13-24-5-2)18-17(21)19-15-8-6-7-9-16(15)20-18;1-6-2-4-7(5-3-6)11(8,9)10/h6-9,14H,4-5,10-13H2,1-3H3;2-5H,1H3,(H,8,9,10). The Kier molecular flexibility index (Phi) is 9.39. The Morgan fingerprint density at radius 3 is 1.71 bits per heavy atom. The number of aryl methyl sites for hydroxylation is 1. The lowest BCUT2D eigenvalue weighted by Crippen LogP contribution is -2.44. The summed E-state index contributed by atoms with van der Waals surface area (Å²) in [5.74, 6) is 1.88. The number of fused-ring (bicyclic) bond motifs is 2. The summed E-state index contributed by atoms with van der Waals surface area (Å²) in [6.45, 7) is 12.5. The number of aromatic nitrogens is 2. The molecule has 1 aromatic heterocycles. The van der Waals surface area contributed by atoms with Crippen molar-refractivity contribution in [3.63, 3.8) is 0 Å². The molecule has 0 saturated heterocycles. The number of benzene rings is 2. The van der Waals surface area contributed by atoms with E-state index in [2.05, 4.69) is 16.7 Å². The molecular weight excluding hydrogens is 468 g/mol. The molecule has 0 bridgehead atoms. The van der Waals surface area contributed by atoms with Crippen LogP contribution < -0.4 is 9.80 Å². The van der Waals surface area contributed by atoms with Gasteiger partial charge in [-0.3, -0.25) is 4.55 Å². The van der Waals surface area contributed by atoms with Crippen LogP contribution in [0.3, 0.4) is 0 Å². The number of hydrogen-bond acceptors (Lipinski definition) is 8. The fourth-order valence-corrected chi connectivity index (χ4v) is 4.28. The van der Waals surface area contributed by atoms with Crippen molar-refractivity contribution >= 4 is 32.8 Å². The van der Waals surface area contributed by atoms with Crippen molar-refractivity contribution in [3.05, 3.63) is 54.1 Å². The van der Waals surface area contributed by atoms with Gasteiger partial charge in [-0.2, -0.15) is 8.42 Å². The van der Waals surface area contributed by atoms with E-state index in [1.54, 1.807) is 12.1 Å². The number of rotatable bonds is 9. The Labute approximate surface area is 207 Å². The first kappa shape index (κ1) is 26.8. The van der Waals surface area contributed by atoms with E-state index in [1.807, 2.05) is 45.0 Å². The minimum Gasteiger partial charge on any atom is -0.380 e. The second kappa shape index (κ2) is 12.3. The lowest BCUT2D eigenvalue weighted by atomic mass is 10.2. The maximum absolute atomic E-state index is 10.5. The quantitative estimate of drug-likeness (QED) is 0.344. The van der Waals surface area contributed by atoms with Gasteiger partial charge in [0.25, 0.3) is 10.1 Å². The van der Waals surface area contributed by atoms with Crippen molar-refractivity contribution in [2.24, 2.45) is 0 Å². The van der Waals surface area contributed by atoms with Crippen LogP contribution in [0.5, 0.6) is 0 Å². The zero-order chi connectivity index (χ0) is 25.4. The number of nitrogens with zero attached hydrogens (tertiary/aromatic N) is 4. The van der Waals surface area contributed by atoms with Gasteiger partial charge >= 0.3 is 0 Å². The molecule has 9 nitrogen and oxygen atoms in total. The van der Waals surface area contributed by atoms with Crippen molar-refractivity contribution in [3.8, 4) is 0 Å². The molecule has 3 aromatic rings. The Morgan fingerprint density at radius 1 is 0.857 bits per heavy atom. The molecule has 0 saturated carbocycles. The summed E-state index contributed by atoms with van der Waals surface area (Å²) in [7, 11) is -4.02. The minimum absolute atomic E-state index is 0.0666. The molecule has 0 aliphatic carbocycles. The van der Waals surface area contributed by atoms with Crippen molar-refractivity contribution in [2.75, 3.05) is 49.3 Å². The van der Waals surface area contributed by atoms with Crippen LogP contribution in [0.25, 0.3) is 11.0 Å². The molecule has 190 valence electrons. The van der Waals surface area contributed by atoms with Crippen LogP contribution in [0.15, 0.2) is 53.4 Å². The van der Waals surface area contributed by atoms with E-state index < -0.39 is 10.1 Å². The molecule has 0 fully saturated rings. The third-order valence-electron chi connectivity index (χ3n) is 5.66. The Hall–Kier alpha value is -2.79. The molecule has 0 amide bonds. The highest BCUT2D eigenvalue weighted by molar-refractivity contribution is 7.85. The van der Waals surface area contributed by atoms with E-state index in [0.29, 0.717) is 13.2 Å². The molecule has 0 unspecified atom stereocenters. The summed E-state index contributed by atoms with van der Waals surface area (Å²) in [5, 5.41) is 0. The van der Waals surface area contributed by atoms with E-state index in [-0.39, 0.29) is 11.1 Å². The van der Waals surface area contributed by atoms with Crippen molar-refractivity contribution in [1.29, 1.82) is 0 Å². The Morgan fingerprint density at radius 2 is 1.31 bits per heavy atom. The fraction of sp³-hybridized carbons (Fsp3) is 0.440. The van der Waals surface area contributed by atoms with Gasteiger partial charge in [-0.15, -0.1) is 0 Å². The molecule has 0 atom stereocenters. The molecule has 1 aliphatic rings. The Bertz CT molecular complexity index is 1150. The van der Waals surface area contributed by atoms with Crippen LogP contribution >= 0.6 is 0 Å². The van der Waals surface area contributed by atoms with Crippen LogP contribution in [-0.2, 0) is 19.6 Å². The van der Waals surface area contributed by atoms with Gasteiger partial charge in [-0.05, 0) is 52.0 Å². The smallest absolute Gasteiger partial charge is 0.294 e. The van der Waals surface area contributed by atoms with Crippen LogP contribution in [0, 0.1) is 6.92 Å². The molecule has 10 heteroatoms. The highest BCUT2D eigenvalue weighted by Gasteiger charge is 2.35. The number of hydrogen-bond donors (Lipinski definition) is 1. The predicted octanol–water partition coefficient (Wildman–Crippen LogP) is 3.92. The topological polar surface area (TPSA) is 105 Å². The summed E-state index contributed by atoms with van der Waals surface area (Å²) >= 11 is 0. The molecule has 2 aromatic carbocycles. The first-order valence-corrected chi connectivity index (χ1v) is 13.2.